The fourth-order valence-electron chi connectivity index (χ4n) is 1.88. The van der Waals surface area contributed by atoms with Crippen LogP contribution in [0.4, 0.5) is 0 Å². The summed E-state index contributed by atoms with van der Waals surface area (Å²) in [5.74, 6) is 1.01. The smallest absolute Gasteiger partial charge is 0.00217 e. The third kappa shape index (κ3) is 2.59. The molecule has 2 aliphatic rings. The van der Waals surface area contributed by atoms with Crippen molar-refractivity contribution in [2.45, 2.75) is 13.8 Å². The quantitative estimate of drug-likeness (QED) is 0.595. The third-order valence-corrected chi connectivity index (χ3v) is 2.88. The fourth-order valence-corrected chi connectivity index (χ4v) is 1.88. The van der Waals surface area contributed by atoms with Crippen molar-refractivity contribution in [3.63, 3.8) is 0 Å². The Hall–Kier alpha value is -1.30. The van der Waals surface area contributed by atoms with Crippen molar-refractivity contribution in [1.29, 1.82) is 0 Å². The maximum absolute atomic E-state index is 2.29. The van der Waals surface area contributed by atoms with Crippen LogP contribution in [0.5, 0.6) is 0 Å². The molecule has 2 rings (SSSR count). The van der Waals surface area contributed by atoms with Crippen molar-refractivity contribution in [2.24, 2.45) is 11.8 Å². The molecule has 15 heavy (non-hydrogen) atoms. The van der Waals surface area contributed by atoms with E-state index >= 15 is 0 Å². The molecule has 0 aromatic rings. The van der Waals surface area contributed by atoms with Gasteiger partial charge < -0.3 is 0 Å². The molecule has 0 amide bonds. The van der Waals surface area contributed by atoms with E-state index in [1.165, 1.54) is 11.1 Å². The monoisotopic (exact) mass is 197 g/mol. The maximum atomic E-state index is 2.29. The molecular formula is C15H17. The predicted molar refractivity (Wildman–Crippen MR) is 66.2 cm³/mol. The van der Waals surface area contributed by atoms with Crippen LogP contribution < -0.4 is 0 Å². The Balaban J connectivity index is 2.08. The zero-order chi connectivity index (χ0) is 10.7. The van der Waals surface area contributed by atoms with Crippen molar-refractivity contribution in [1.82, 2.24) is 0 Å². The molecule has 0 bridgehead atoms. The first-order valence-electron chi connectivity index (χ1n) is 5.49. The molecule has 0 aromatic heterocycles. The van der Waals surface area contributed by atoms with Crippen LogP contribution in [-0.2, 0) is 0 Å². The summed E-state index contributed by atoms with van der Waals surface area (Å²) in [7, 11) is 0. The molecule has 0 N–H and O–H groups in total. The van der Waals surface area contributed by atoms with Crippen LogP contribution in [0.2, 0.25) is 0 Å². The van der Waals surface area contributed by atoms with E-state index in [2.05, 4.69) is 68.9 Å². The molecule has 0 aliphatic heterocycles. The van der Waals surface area contributed by atoms with Gasteiger partial charge in [-0.3, -0.25) is 0 Å². The summed E-state index contributed by atoms with van der Waals surface area (Å²) in [4.78, 5) is 0. The summed E-state index contributed by atoms with van der Waals surface area (Å²) in [6, 6.07) is 0. The zero-order valence-corrected chi connectivity index (χ0v) is 9.35. The molecule has 0 aromatic carbocycles. The molecule has 2 atom stereocenters. The van der Waals surface area contributed by atoms with E-state index in [1.807, 2.05) is 0 Å². The zero-order valence-electron chi connectivity index (χ0n) is 9.35. The van der Waals surface area contributed by atoms with Gasteiger partial charge in [0.15, 0.2) is 0 Å². The fraction of sp³-hybridized carbons (Fsp3) is 0.267. The Labute approximate surface area is 92.4 Å². The van der Waals surface area contributed by atoms with Crippen LogP contribution in [0.1, 0.15) is 13.8 Å². The highest BCUT2D eigenvalue weighted by Crippen LogP contribution is 2.26. The Morgan fingerprint density at radius 2 is 1.47 bits per heavy atom. The lowest BCUT2D eigenvalue weighted by Gasteiger charge is -2.19. The van der Waals surface area contributed by atoms with Gasteiger partial charge in [0.05, 0.1) is 0 Å². The second-order valence-corrected chi connectivity index (χ2v) is 4.27. The van der Waals surface area contributed by atoms with Crippen LogP contribution in [0.3, 0.4) is 0 Å². The van der Waals surface area contributed by atoms with Crippen LogP contribution in [-0.4, -0.2) is 0 Å². The van der Waals surface area contributed by atoms with E-state index in [4.69, 9.17) is 0 Å². The highest BCUT2D eigenvalue weighted by atomic mass is 14.2. The van der Waals surface area contributed by atoms with Gasteiger partial charge in [0.1, 0.15) is 0 Å². The largest absolute Gasteiger partial charge is 0.0797 e. The second-order valence-electron chi connectivity index (χ2n) is 4.27. The van der Waals surface area contributed by atoms with Crippen LogP contribution in [0.25, 0.3) is 0 Å². The topological polar surface area (TPSA) is 0 Å². The average molecular weight is 197 g/mol. The van der Waals surface area contributed by atoms with Crippen molar-refractivity contribution in [3.05, 3.63) is 66.2 Å². The summed E-state index contributed by atoms with van der Waals surface area (Å²) < 4.78 is 0. The van der Waals surface area contributed by atoms with Crippen LogP contribution >= 0.6 is 0 Å². The highest BCUT2D eigenvalue weighted by molar-refractivity contribution is 5.33. The summed E-state index contributed by atoms with van der Waals surface area (Å²) in [5, 5.41) is 0. The second kappa shape index (κ2) is 4.48. The molecular weight excluding hydrogens is 180 g/mol. The standard InChI is InChI=1S/C15H17/c1-12-4-3-5-14(9-6-12)15-10-7-13(2)8-11-15/h3-11,14-15H,1-2H3. The molecule has 0 saturated heterocycles. The van der Waals surface area contributed by atoms with Crippen LogP contribution in [0.15, 0.2) is 59.8 Å². The minimum atomic E-state index is 0.499. The first-order valence-corrected chi connectivity index (χ1v) is 5.49. The molecule has 0 fully saturated rings. The summed E-state index contributed by atoms with van der Waals surface area (Å²) >= 11 is 0. The van der Waals surface area contributed by atoms with Gasteiger partial charge in [0, 0.05) is 5.92 Å². The van der Waals surface area contributed by atoms with Crippen molar-refractivity contribution in [3.8, 4) is 0 Å². The molecule has 2 aliphatic carbocycles. The van der Waals surface area contributed by atoms with E-state index in [0.29, 0.717) is 11.8 Å². The minimum Gasteiger partial charge on any atom is -0.0797 e. The Bertz CT molecular complexity index is 375. The number of hydrogen-bond donors (Lipinski definition) is 0. The normalized spacial score (nSPS) is 29.7. The minimum absolute atomic E-state index is 0.499. The van der Waals surface area contributed by atoms with E-state index in [1.54, 1.807) is 0 Å². The highest BCUT2D eigenvalue weighted by Gasteiger charge is 2.15. The summed E-state index contributed by atoms with van der Waals surface area (Å²) in [5.41, 5.74) is 2.65. The third-order valence-electron chi connectivity index (χ3n) is 2.88. The average Bonchev–Trinajstić information content (AvgIpc) is 2.44. The van der Waals surface area contributed by atoms with Crippen molar-refractivity contribution >= 4 is 0 Å². The lowest BCUT2D eigenvalue weighted by atomic mass is 9.85. The van der Waals surface area contributed by atoms with Gasteiger partial charge >= 0.3 is 0 Å². The maximum Gasteiger partial charge on any atom is 0.00217 e. The van der Waals surface area contributed by atoms with E-state index in [0.717, 1.165) is 0 Å². The molecule has 0 spiro atoms. The summed E-state index contributed by atoms with van der Waals surface area (Å²) in [6.45, 7) is 4.27. The predicted octanol–water partition coefficient (Wildman–Crippen LogP) is 4.01. The van der Waals surface area contributed by atoms with Gasteiger partial charge in [-0.25, -0.2) is 0 Å². The lowest BCUT2D eigenvalue weighted by Crippen LogP contribution is -2.10. The van der Waals surface area contributed by atoms with Gasteiger partial charge in [-0.1, -0.05) is 59.8 Å². The van der Waals surface area contributed by atoms with Gasteiger partial charge in [0.2, 0.25) is 0 Å². The molecule has 0 nitrogen and oxygen atoms in total. The SMILES string of the molecule is CC1=C[CH]C(C2C=CC=C(C)C=C2)C=C1. The number of rotatable bonds is 1. The van der Waals surface area contributed by atoms with Crippen molar-refractivity contribution < 1.29 is 0 Å². The van der Waals surface area contributed by atoms with Crippen molar-refractivity contribution in [2.75, 3.05) is 0 Å². The lowest BCUT2D eigenvalue weighted by molar-refractivity contribution is 0.641. The number of hydrogen-bond acceptors (Lipinski definition) is 0. The van der Waals surface area contributed by atoms with Gasteiger partial charge in [-0.2, -0.15) is 0 Å². The van der Waals surface area contributed by atoms with E-state index in [9.17, 15) is 0 Å². The molecule has 0 heterocycles. The Morgan fingerprint density at radius 1 is 0.800 bits per heavy atom. The van der Waals surface area contributed by atoms with Gasteiger partial charge in [-0.15, -0.1) is 0 Å². The molecule has 1 radical (unpaired) electrons. The van der Waals surface area contributed by atoms with Crippen LogP contribution in [0, 0.1) is 18.3 Å². The number of allylic oxidation sites excluding steroid dienone is 10. The Morgan fingerprint density at radius 3 is 2.20 bits per heavy atom. The molecule has 2 unspecified atom stereocenters. The Kier molecular flexibility index (Phi) is 3.05. The van der Waals surface area contributed by atoms with Gasteiger partial charge in [0.25, 0.3) is 0 Å². The van der Waals surface area contributed by atoms with E-state index in [-0.39, 0.29) is 0 Å². The van der Waals surface area contributed by atoms with E-state index < -0.39 is 0 Å². The first-order chi connectivity index (χ1) is 7.25. The molecule has 77 valence electrons. The molecule has 0 saturated carbocycles. The summed E-state index contributed by atoms with van der Waals surface area (Å²) in [6.07, 6.45) is 20.1. The molecule has 0 heteroatoms. The first kappa shape index (κ1) is 10.2. The van der Waals surface area contributed by atoms with Gasteiger partial charge in [-0.05, 0) is 26.2 Å².